The summed E-state index contributed by atoms with van der Waals surface area (Å²) in [5.74, 6) is 1.75. The molecule has 0 radical (unpaired) electrons. The van der Waals surface area contributed by atoms with E-state index in [-0.39, 0.29) is 26.2 Å². The van der Waals surface area contributed by atoms with Crippen LogP contribution in [0.1, 0.15) is 86.8 Å². The van der Waals surface area contributed by atoms with Crippen LogP contribution in [0.5, 0.6) is 0 Å². The summed E-state index contributed by atoms with van der Waals surface area (Å²) >= 11 is 0. The maximum absolute atomic E-state index is 2.53. The summed E-state index contributed by atoms with van der Waals surface area (Å²) in [6, 6.07) is 16.5. The molecule has 0 amide bonds. The number of hydrogen-bond acceptors (Lipinski definition) is 0. The van der Waals surface area contributed by atoms with E-state index < -0.39 is 0 Å². The zero-order valence-corrected chi connectivity index (χ0v) is 19.5. The Balaban J connectivity index is 0.00000192. The summed E-state index contributed by atoms with van der Waals surface area (Å²) in [5.41, 5.74) is 9.09. The van der Waals surface area contributed by atoms with Gasteiger partial charge in [0.1, 0.15) is 0 Å². The fourth-order valence-electron chi connectivity index (χ4n) is 5.78. The molecule has 0 aliphatic heterocycles. The van der Waals surface area contributed by atoms with Crippen molar-refractivity contribution in [3.8, 4) is 11.1 Å². The first-order valence-electron chi connectivity index (χ1n) is 11.3. The monoisotopic (exact) mass is 446 g/mol. The van der Waals surface area contributed by atoms with Crippen LogP contribution in [0.4, 0.5) is 0 Å². The number of fused-ring (bicyclic) bond motifs is 1. The van der Waals surface area contributed by atoms with Crippen LogP contribution in [0.15, 0.2) is 48.0 Å². The Bertz CT molecular complexity index is 818. The van der Waals surface area contributed by atoms with Gasteiger partial charge in [0.2, 0.25) is 0 Å². The summed E-state index contributed by atoms with van der Waals surface area (Å²) < 4.78 is 0. The third kappa shape index (κ3) is 4.30. The van der Waals surface area contributed by atoms with Gasteiger partial charge < -0.3 is 0 Å². The number of rotatable bonds is 4. The van der Waals surface area contributed by atoms with Gasteiger partial charge in [0.25, 0.3) is 0 Å². The van der Waals surface area contributed by atoms with Crippen molar-refractivity contribution in [1.82, 2.24) is 0 Å². The number of hydrogen-bond donors (Lipinski definition) is 0. The van der Waals surface area contributed by atoms with E-state index >= 15 is 0 Å². The Morgan fingerprint density at radius 1 is 0.750 bits per heavy atom. The number of benzene rings is 2. The van der Waals surface area contributed by atoms with E-state index in [0.29, 0.717) is 0 Å². The summed E-state index contributed by atoms with van der Waals surface area (Å²) in [6.07, 6.45) is 17.8. The van der Waals surface area contributed by atoms with E-state index in [1.165, 1.54) is 92.9 Å². The molecule has 0 nitrogen and oxygen atoms in total. The van der Waals surface area contributed by atoms with Gasteiger partial charge in [-0.3, -0.25) is 0 Å². The average molecular weight is 448 g/mol. The first-order chi connectivity index (χ1) is 13.4. The van der Waals surface area contributed by atoms with Gasteiger partial charge in [-0.15, -0.1) is 0 Å². The van der Waals surface area contributed by atoms with Crippen molar-refractivity contribution in [3.05, 3.63) is 64.7 Å². The molecular formula is C27H32Zr. The predicted octanol–water partition coefficient (Wildman–Crippen LogP) is 7.92. The minimum absolute atomic E-state index is 0. The van der Waals surface area contributed by atoms with Gasteiger partial charge in [-0.05, 0) is 65.3 Å². The van der Waals surface area contributed by atoms with Crippen molar-refractivity contribution in [2.45, 2.75) is 76.5 Å². The molecule has 1 heteroatoms. The van der Waals surface area contributed by atoms with Crippen molar-refractivity contribution in [3.63, 3.8) is 0 Å². The maximum Gasteiger partial charge on any atom is 0 e. The summed E-state index contributed by atoms with van der Waals surface area (Å²) in [5, 5.41) is 0. The zero-order chi connectivity index (χ0) is 18.1. The summed E-state index contributed by atoms with van der Waals surface area (Å²) in [7, 11) is 0. The smallest absolute Gasteiger partial charge is 0 e. The molecule has 0 heterocycles. The van der Waals surface area contributed by atoms with E-state index in [1.807, 2.05) is 0 Å². The largest absolute Gasteiger partial charge is 0.0649 e. The Labute approximate surface area is 190 Å². The second-order valence-electron chi connectivity index (χ2n) is 9.17. The molecule has 0 atom stereocenters. The molecule has 3 aliphatic carbocycles. The predicted molar refractivity (Wildman–Crippen MR) is 116 cm³/mol. The second-order valence-corrected chi connectivity index (χ2v) is 9.17. The molecule has 0 unspecified atom stereocenters. The third-order valence-corrected chi connectivity index (χ3v) is 7.29. The van der Waals surface area contributed by atoms with Crippen molar-refractivity contribution >= 4 is 6.08 Å². The van der Waals surface area contributed by atoms with Gasteiger partial charge in [-0.1, -0.05) is 99.1 Å². The molecule has 3 aliphatic rings. The van der Waals surface area contributed by atoms with Gasteiger partial charge in [0.15, 0.2) is 0 Å². The van der Waals surface area contributed by atoms with Crippen molar-refractivity contribution in [2.75, 3.05) is 0 Å². The molecule has 2 aromatic rings. The molecule has 0 spiro atoms. The third-order valence-electron chi connectivity index (χ3n) is 7.29. The molecular weight excluding hydrogens is 416 g/mol. The van der Waals surface area contributed by atoms with Gasteiger partial charge in [0, 0.05) is 26.2 Å². The van der Waals surface area contributed by atoms with Crippen molar-refractivity contribution in [2.24, 2.45) is 5.92 Å². The normalized spacial score (nSPS) is 19.9. The quantitative estimate of drug-likeness (QED) is 0.446. The standard InChI is InChI=1S/C27H32.Zr/c1-2-9-22(10-3-1)23-13-15-24(16-14-23)26-12-6-11-25-18-21(19-27(25)26)17-20-7-4-5-8-20;/h6,11-16,19-20,22H,1-5,7-10,17-18H2;. The van der Waals surface area contributed by atoms with Crippen LogP contribution in [0, 0.1) is 5.92 Å². The molecule has 0 aromatic heterocycles. The average Bonchev–Trinajstić information content (AvgIpc) is 3.38. The molecule has 5 rings (SSSR count). The first-order valence-corrected chi connectivity index (χ1v) is 11.3. The minimum atomic E-state index is 0. The Morgan fingerprint density at radius 3 is 2.21 bits per heavy atom. The van der Waals surface area contributed by atoms with Crippen LogP contribution in [-0.2, 0) is 32.6 Å². The summed E-state index contributed by atoms with van der Waals surface area (Å²) in [6.45, 7) is 0. The van der Waals surface area contributed by atoms with Crippen LogP contribution in [0.3, 0.4) is 0 Å². The fraction of sp³-hybridized carbons (Fsp3) is 0.481. The second kappa shape index (κ2) is 9.25. The Morgan fingerprint density at radius 2 is 1.46 bits per heavy atom. The van der Waals surface area contributed by atoms with Gasteiger partial charge in [-0.2, -0.15) is 0 Å². The maximum atomic E-state index is 2.53. The van der Waals surface area contributed by atoms with Crippen LogP contribution in [0.25, 0.3) is 17.2 Å². The van der Waals surface area contributed by atoms with E-state index in [4.69, 9.17) is 0 Å². The fourth-order valence-corrected chi connectivity index (χ4v) is 5.78. The Kier molecular flexibility index (Phi) is 6.72. The first kappa shape index (κ1) is 20.3. The molecule has 2 aromatic carbocycles. The van der Waals surface area contributed by atoms with Crippen molar-refractivity contribution < 1.29 is 26.2 Å². The van der Waals surface area contributed by atoms with Gasteiger partial charge in [-0.25, -0.2) is 0 Å². The molecule has 144 valence electrons. The minimum Gasteiger partial charge on any atom is -0.0649 e. The van der Waals surface area contributed by atoms with Crippen molar-refractivity contribution in [1.29, 1.82) is 0 Å². The molecule has 2 saturated carbocycles. The SMILES string of the molecule is C1=C(CC2CCCC2)Cc2cccc(-c3ccc(C4CCCCC4)cc3)c21.[Zr]. The van der Waals surface area contributed by atoms with Gasteiger partial charge >= 0.3 is 0 Å². The van der Waals surface area contributed by atoms with E-state index in [1.54, 1.807) is 11.1 Å². The molecule has 28 heavy (non-hydrogen) atoms. The van der Waals surface area contributed by atoms with Crippen LogP contribution < -0.4 is 0 Å². The van der Waals surface area contributed by atoms with E-state index in [2.05, 4.69) is 48.5 Å². The van der Waals surface area contributed by atoms with E-state index in [9.17, 15) is 0 Å². The van der Waals surface area contributed by atoms with Crippen LogP contribution >= 0.6 is 0 Å². The Hall–Kier alpha value is -0.937. The topological polar surface area (TPSA) is 0 Å². The zero-order valence-electron chi connectivity index (χ0n) is 17.1. The molecule has 2 fully saturated rings. The molecule has 0 bridgehead atoms. The molecule has 0 saturated heterocycles. The van der Waals surface area contributed by atoms with Gasteiger partial charge in [0.05, 0.1) is 0 Å². The van der Waals surface area contributed by atoms with E-state index in [0.717, 1.165) is 11.8 Å². The molecule has 0 N–H and O–H groups in total. The van der Waals surface area contributed by atoms with Crippen LogP contribution in [0.2, 0.25) is 0 Å². The number of allylic oxidation sites excluding steroid dienone is 1. The van der Waals surface area contributed by atoms with Crippen LogP contribution in [-0.4, -0.2) is 0 Å². The summed E-state index contributed by atoms with van der Waals surface area (Å²) in [4.78, 5) is 0.